The number of sulfonamides is 1. The molecular weight excluding hydrogens is 436 g/mol. The molecule has 32 heavy (non-hydrogen) atoms. The Morgan fingerprint density at radius 1 is 1.03 bits per heavy atom. The average molecular weight is 463 g/mol. The fraction of sp³-hybridized carbons (Fsp3) is 0.286. The summed E-state index contributed by atoms with van der Waals surface area (Å²) in [6, 6.07) is 11.0. The Balaban J connectivity index is 2.28. The summed E-state index contributed by atoms with van der Waals surface area (Å²) in [5, 5.41) is 5.25. The Bertz CT molecular complexity index is 1120. The lowest BCUT2D eigenvalue weighted by molar-refractivity contribution is -0.117. The van der Waals surface area contributed by atoms with E-state index in [0.29, 0.717) is 17.1 Å². The first-order chi connectivity index (χ1) is 15.0. The van der Waals surface area contributed by atoms with E-state index in [1.165, 1.54) is 37.1 Å². The zero-order valence-corrected chi connectivity index (χ0v) is 19.1. The molecule has 2 rings (SSSR count). The number of benzene rings is 2. The van der Waals surface area contributed by atoms with Gasteiger partial charge in [0, 0.05) is 30.9 Å². The van der Waals surface area contributed by atoms with Crippen molar-refractivity contribution < 1.29 is 27.5 Å². The van der Waals surface area contributed by atoms with E-state index < -0.39 is 21.8 Å². The highest BCUT2D eigenvalue weighted by Crippen LogP contribution is 2.24. The number of nitrogens with one attached hydrogen (secondary N) is 3. The number of methoxy groups -OCH3 is 1. The first-order valence-corrected chi connectivity index (χ1v) is 11.5. The summed E-state index contributed by atoms with van der Waals surface area (Å²) in [4.78, 5) is 38.4. The lowest BCUT2D eigenvalue weighted by Crippen LogP contribution is -2.38. The first kappa shape index (κ1) is 24.7. The monoisotopic (exact) mass is 462 g/mol. The lowest BCUT2D eigenvalue weighted by atomic mass is 10.1. The van der Waals surface area contributed by atoms with E-state index in [2.05, 4.69) is 15.4 Å². The van der Waals surface area contributed by atoms with E-state index in [0.717, 1.165) is 6.26 Å². The fourth-order valence-electron chi connectivity index (χ4n) is 2.86. The molecule has 0 spiro atoms. The summed E-state index contributed by atoms with van der Waals surface area (Å²) in [6.07, 6.45) is 0.960. The van der Waals surface area contributed by atoms with Crippen LogP contribution in [0.4, 0.5) is 17.1 Å². The highest BCUT2D eigenvalue weighted by atomic mass is 32.2. The average Bonchev–Trinajstić information content (AvgIpc) is 2.71. The molecule has 0 aliphatic carbocycles. The Morgan fingerprint density at radius 2 is 1.72 bits per heavy atom. The van der Waals surface area contributed by atoms with Crippen LogP contribution in [0.25, 0.3) is 0 Å². The molecule has 0 aromatic heterocycles. The minimum Gasteiger partial charge on any atom is -0.497 e. The number of hydrogen-bond donors (Lipinski definition) is 3. The quantitative estimate of drug-likeness (QED) is 0.523. The molecule has 0 bridgehead atoms. The van der Waals surface area contributed by atoms with Gasteiger partial charge in [0.25, 0.3) is 5.91 Å². The number of likely N-dealkylation sites (N-methyl/N-ethyl adjacent to an activating group) is 1. The maximum absolute atomic E-state index is 13.2. The molecule has 0 aliphatic heterocycles. The molecule has 2 aromatic carbocycles. The molecule has 0 saturated carbocycles. The van der Waals surface area contributed by atoms with Crippen LogP contribution in [0, 0.1) is 0 Å². The highest BCUT2D eigenvalue weighted by Gasteiger charge is 2.22. The molecule has 0 heterocycles. The van der Waals surface area contributed by atoms with Crippen molar-refractivity contribution >= 4 is 44.8 Å². The molecule has 11 heteroatoms. The summed E-state index contributed by atoms with van der Waals surface area (Å²) in [5.74, 6) is -0.800. The Kier molecular flexibility index (Phi) is 8.19. The third-order valence-electron chi connectivity index (χ3n) is 4.22. The number of rotatable bonds is 9. The summed E-state index contributed by atoms with van der Waals surface area (Å²) in [5.41, 5.74) is 0.859. The van der Waals surface area contributed by atoms with E-state index in [9.17, 15) is 22.8 Å². The maximum atomic E-state index is 13.2. The molecule has 0 fully saturated rings. The molecule has 10 nitrogen and oxygen atoms in total. The molecule has 0 radical (unpaired) electrons. The lowest BCUT2D eigenvalue weighted by Gasteiger charge is -2.22. The second kappa shape index (κ2) is 10.6. The predicted molar refractivity (Wildman–Crippen MR) is 122 cm³/mol. The van der Waals surface area contributed by atoms with Gasteiger partial charge in [-0.25, -0.2) is 8.42 Å². The largest absolute Gasteiger partial charge is 0.497 e. The predicted octanol–water partition coefficient (Wildman–Crippen LogP) is 2.13. The number of carbonyl (C=O) groups excluding carboxylic acids is 3. The number of carbonyl (C=O) groups is 3. The molecule has 0 aliphatic rings. The molecule has 0 atom stereocenters. The van der Waals surface area contributed by atoms with Gasteiger partial charge >= 0.3 is 0 Å². The van der Waals surface area contributed by atoms with Crippen molar-refractivity contribution in [3.63, 3.8) is 0 Å². The molecular formula is C21H26N4O6S. The summed E-state index contributed by atoms with van der Waals surface area (Å²) in [7, 11) is -2.16. The van der Waals surface area contributed by atoms with Crippen LogP contribution in [0.2, 0.25) is 0 Å². The molecule has 0 unspecified atom stereocenters. The van der Waals surface area contributed by atoms with E-state index in [4.69, 9.17) is 4.74 Å². The van der Waals surface area contributed by atoms with Crippen molar-refractivity contribution in [2.45, 2.75) is 13.8 Å². The van der Waals surface area contributed by atoms with Crippen LogP contribution in [-0.4, -0.2) is 57.5 Å². The van der Waals surface area contributed by atoms with Crippen LogP contribution in [0.1, 0.15) is 24.2 Å². The second-order valence-electron chi connectivity index (χ2n) is 6.92. The van der Waals surface area contributed by atoms with Crippen molar-refractivity contribution in [2.75, 3.05) is 41.8 Å². The van der Waals surface area contributed by atoms with Gasteiger partial charge in [0.1, 0.15) is 12.3 Å². The Labute approximate surface area is 187 Å². The minimum atomic E-state index is -3.67. The van der Waals surface area contributed by atoms with Gasteiger partial charge in [-0.05, 0) is 37.3 Å². The molecule has 0 saturated heterocycles. The number of nitrogens with zero attached hydrogens (tertiary/aromatic N) is 1. The van der Waals surface area contributed by atoms with Crippen molar-refractivity contribution in [3.05, 3.63) is 48.0 Å². The van der Waals surface area contributed by atoms with E-state index >= 15 is 0 Å². The van der Waals surface area contributed by atoms with Gasteiger partial charge < -0.3 is 20.3 Å². The second-order valence-corrected chi connectivity index (χ2v) is 8.66. The SMILES string of the molecule is CCN(CC(=O)Nc1cccc(OC)c1)C(=O)c1cc(NC(C)=O)ccc1NS(C)(=O)=O. The van der Waals surface area contributed by atoms with Crippen LogP contribution >= 0.6 is 0 Å². The third-order valence-corrected chi connectivity index (χ3v) is 4.81. The Morgan fingerprint density at radius 3 is 2.31 bits per heavy atom. The molecule has 2 aromatic rings. The maximum Gasteiger partial charge on any atom is 0.256 e. The zero-order chi connectivity index (χ0) is 23.9. The van der Waals surface area contributed by atoms with Gasteiger partial charge in [-0.15, -0.1) is 0 Å². The van der Waals surface area contributed by atoms with Crippen LogP contribution in [0.5, 0.6) is 5.75 Å². The fourth-order valence-corrected chi connectivity index (χ4v) is 3.44. The van der Waals surface area contributed by atoms with Crippen molar-refractivity contribution in [1.82, 2.24) is 4.90 Å². The van der Waals surface area contributed by atoms with Gasteiger partial charge in [0.15, 0.2) is 0 Å². The highest BCUT2D eigenvalue weighted by molar-refractivity contribution is 7.92. The summed E-state index contributed by atoms with van der Waals surface area (Å²) in [6.45, 7) is 2.92. The third kappa shape index (κ3) is 7.27. The standard InChI is InChI=1S/C21H26N4O6S/c1-5-25(13-20(27)23-15-7-6-8-17(11-15)31-3)21(28)18-12-16(22-14(2)26)9-10-19(18)24-32(4,29)30/h6-12,24H,5,13H2,1-4H3,(H,22,26)(H,23,27). The van der Waals surface area contributed by atoms with Gasteiger partial charge in [-0.1, -0.05) is 6.07 Å². The van der Waals surface area contributed by atoms with Crippen LogP contribution < -0.4 is 20.1 Å². The first-order valence-electron chi connectivity index (χ1n) is 9.65. The number of ether oxygens (including phenoxy) is 1. The van der Waals surface area contributed by atoms with Crippen molar-refractivity contribution in [2.24, 2.45) is 0 Å². The van der Waals surface area contributed by atoms with Crippen molar-refractivity contribution in [1.29, 1.82) is 0 Å². The number of amides is 3. The van der Waals surface area contributed by atoms with Gasteiger partial charge in [0.05, 0.1) is 24.6 Å². The van der Waals surface area contributed by atoms with Crippen LogP contribution in [0.15, 0.2) is 42.5 Å². The van der Waals surface area contributed by atoms with Gasteiger partial charge in [-0.3, -0.25) is 19.1 Å². The Hall–Kier alpha value is -3.60. The smallest absolute Gasteiger partial charge is 0.256 e. The topological polar surface area (TPSA) is 134 Å². The van der Waals surface area contributed by atoms with Gasteiger partial charge in [-0.2, -0.15) is 0 Å². The number of hydrogen-bond acceptors (Lipinski definition) is 6. The van der Waals surface area contributed by atoms with Crippen LogP contribution in [0.3, 0.4) is 0 Å². The van der Waals surface area contributed by atoms with Crippen LogP contribution in [-0.2, 0) is 19.6 Å². The molecule has 172 valence electrons. The minimum absolute atomic E-state index is 0.00212. The van der Waals surface area contributed by atoms with E-state index in [1.807, 2.05) is 0 Å². The number of anilines is 3. The normalized spacial score (nSPS) is 10.8. The zero-order valence-electron chi connectivity index (χ0n) is 18.3. The van der Waals surface area contributed by atoms with E-state index in [-0.39, 0.29) is 30.2 Å². The van der Waals surface area contributed by atoms with Crippen molar-refractivity contribution in [3.8, 4) is 5.75 Å². The summed E-state index contributed by atoms with van der Waals surface area (Å²) >= 11 is 0. The van der Waals surface area contributed by atoms with Gasteiger partial charge in [0.2, 0.25) is 21.8 Å². The summed E-state index contributed by atoms with van der Waals surface area (Å²) < 4.78 is 30.9. The molecule has 3 N–H and O–H groups in total. The van der Waals surface area contributed by atoms with E-state index in [1.54, 1.807) is 31.2 Å². The molecule has 3 amide bonds.